The largest absolute Gasteiger partial charge is 0.444 e. The smallest absolute Gasteiger partial charge is 0.407 e. The summed E-state index contributed by atoms with van der Waals surface area (Å²) in [7, 11) is 0. The van der Waals surface area contributed by atoms with Gasteiger partial charge in [-0.25, -0.2) is 9.18 Å². The summed E-state index contributed by atoms with van der Waals surface area (Å²) in [6.45, 7) is 7.51. The molecule has 1 amide bonds. The third-order valence-corrected chi connectivity index (χ3v) is 4.01. The van der Waals surface area contributed by atoms with E-state index < -0.39 is 5.60 Å². The van der Waals surface area contributed by atoms with Crippen molar-refractivity contribution in [3.63, 3.8) is 0 Å². The van der Waals surface area contributed by atoms with Crippen LogP contribution >= 0.6 is 0 Å². The molecule has 1 aromatic rings. The third-order valence-electron chi connectivity index (χ3n) is 4.01. The summed E-state index contributed by atoms with van der Waals surface area (Å²) < 4.78 is 19.1. The van der Waals surface area contributed by atoms with Gasteiger partial charge in [-0.1, -0.05) is 18.2 Å². The lowest BCUT2D eigenvalue weighted by atomic mass is 10.1. The maximum atomic E-state index is 13.8. The van der Waals surface area contributed by atoms with Crippen LogP contribution in [0.5, 0.6) is 0 Å². The number of ether oxygens (including phenoxy) is 1. The fraction of sp³-hybridized carbons (Fsp3) is 0.611. The summed E-state index contributed by atoms with van der Waals surface area (Å²) in [5.74, 6) is -0.186. The van der Waals surface area contributed by atoms with Gasteiger partial charge < -0.3 is 15.4 Å². The van der Waals surface area contributed by atoms with E-state index in [1.165, 1.54) is 6.07 Å². The molecule has 0 spiro atoms. The number of rotatable bonds is 4. The van der Waals surface area contributed by atoms with Crippen molar-refractivity contribution in [2.75, 3.05) is 0 Å². The molecule has 5 heteroatoms. The van der Waals surface area contributed by atoms with Gasteiger partial charge in [-0.2, -0.15) is 0 Å². The van der Waals surface area contributed by atoms with Crippen LogP contribution in [0.15, 0.2) is 24.3 Å². The van der Waals surface area contributed by atoms with E-state index in [0.717, 1.165) is 19.3 Å². The number of carbonyl (C=O) groups is 1. The minimum Gasteiger partial charge on any atom is -0.444 e. The predicted octanol–water partition coefficient (Wildman–Crippen LogP) is 3.92. The minimum absolute atomic E-state index is 0.0542. The maximum absolute atomic E-state index is 13.8. The zero-order valence-corrected chi connectivity index (χ0v) is 14.4. The summed E-state index contributed by atoms with van der Waals surface area (Å²) in [4.78, 5) is 11.8. The van der Waals surface area contributed by atoms with Gasteiger partial charge in [0.2, 0.25) is 0 Å². The van der Waals surface area contributed by atoms with Crippen LogP contribution in [0.1, 0.15) is 58.6 Å². The van der Waals surface area contributed by atoms with Crippen LogP contribution in [0.25, 0.3) is 0 Å². The Morgan fingerprint density at radius 3 is 2.57 bits per heavy atom. The molecule has 4 nitrogen and oxygen atoms in total. The molecule has 2 unspecified atom stereocenters. The van der Waals surface area contributed by atoms with Crippen molar-refractivity contribution >= 4 is 6.09 Å². The lowest BCUT2D eigenvalue weighted by Gasteiger charge is -2.22. The Morgan fingerprint density at radius 1 is 1.26 bits per heavy atom. The number of nitrogens with one attached hydrogen (secondary N) is 2. The van der Waals surface area contributed by atoms with Gasteiger partial charge in [0.05, 0.1) is 0 Å². The van der Waals surface area contributed by atoms with E-state index >= 15 is 0 Å². The van der Waals surface area contributed by atoms with Gasteiger partial charge in [-0.15, -0.1) is 0 Å². The Balaban J connectivity index is 1.81. The number of amides is 1. The SMILES string of the molecule is C[C@@H](NC1CCC(NC(=O)OC(C)(C)C)C1)c1ccccc1F. The normalized spacial score (nSPS) is 22.7. The predicted molar refractivity (Wildman–Crippen MR) is 88.7 cm³/mol. The summed E-state index contributed by atoms with van der Waals surface area (Å²) in [5, 5.41) is 6.37. The zero-order chi connectivity index (χ0) is 17.0. The summed E-state index contributed by atoms with van der Waals surface area (Å²) in [6.07, 6.45) is 2.32. The van der Waals surface area contributed by atoms with Crippen LogP contribution in [0.3, 0.4) is 0 Å². The van der Waals surface area contributed by atoms with Gasteiger partial charge in [-0.05, 0) is 53.0 Å². The van der Waals surface area contributed by atoms with Crippen molar-refractivity contribution in [3.8, 4) is 0 Å². The molecule has 0 heterocycles. The first-order chi connectivity index (χ1) is 10.7. The Kier molecular flexibility index (Phi) is 5.63. The Labute approximate surface area is 137 Å². The molecule has 1 aliphatic carbocycles. The van der Waals surface area contributed by atoms with Crippen LogP contribution in [-0.4, -0.2) is 23.8 Å². The van der Waals surface area contributed by atoms with E-state index in [1.807, 2.05) is 33.8 Å². The molecule has 2 rings (SSSR count). The Hall–Kier alpha value is -1.62. The summed E-state index contributed by atoms with van der Waals surface area (Å²) >= 11 is 0. The molecular weight excluding hydrogens is 295 g/mol. The van der Waals surface area contributed by atoms with Gasteiger partial charge in [0.1, 0.15) is 11.4 Å². The average molecular weight is 322 g/mol. The molecule has 128 valence electrons. The van der Waals surface area contributed by atoms with E-state index in [9.17, 15) is 9.18 Å². The van der Waals surface area contributed by atoms with Crippen molar-refractivity contribution in [3.05, 3.63) is 35.6 Å². The number of benzene rings is 1. The van der Waals surface area contributed by atoms with Crippen molar-refractivity contribution < 1.29 is 13.9 Å². The van der Waals surface area contributed by atoms with Crippen molar-refractivity contribution in [2.45, 2.75) is 70.7 Å². The number of halogens is 1. The molecule has 0 aliphatic heterocycles. The maximum Gasteiger partial charge on any atom is 0.407 e. The second-order valence-corrected chi connectivity index (χ2v) is 7.26. The van der Waals surface area contributed by atoms with Crippen LogP contribution in [0, 0.1) is 5.82 Å². The monoisotopic (exact) mass is 322 g/mol. The first-order valence-corrected chi connectivity index (χ1v) is 8.24. The van der Waals surface area contributed by atoms with Gasteiger partial charge in [-0.3, -0.25) is 0 Å². The summed E-state index contributed by atoms with van der Waals surface area (Å²) in [6, 6.07) is 7.15. The highest BCUT2D eigenvalue weighted by Crippen LogP contribution is 2.24. The van der Waals surface area contributed by atoms with Crippen LogP contribution in [0.2, 0.25) is 0 Å². The van der Waals surface area contributed by atoms with Crippen LogP contribution < -0.4 is 10.6 Å². The van der Waals surface area contributed by atoms with Gasteiger partial charge >= 0.3 is 6.09 Å². The van der Waals surface area contributed by atoms with E-state index in [4.69, 9.17) is 4.74 Å². The number of carbonyl (C=O) groups excluding carboxylic acids is 1. The molecular formula is C18H27FN2O2. The lowest BCUT2D eigenvalue weighted by molar-refractivity contribution is 0.0505. The Bertz CT molecular complexity index is 542. The number of alkyl carbamates (subject to hydrolysis) is 1. The van der Waals surface area contributed by atoms with Crippen LogP contribution in [-0.2, 0) is 4.74 Å². The Morgan fingerprint density at radius 2 is 1.91 bits per heavy atom. The van der Waals surface area contributed by atoms with Gasteiger partial charge in [0.15, 0.2) is 0 Å². The van der Waals surface area contributed by atoms with Crippen molar-refractivity contribution in [2.24, 2.45) is 0 Å². The molecule has 0 saturated heterocycles. The number of hydrogen-bond acceptors (Lipinski definition) is 3. The first kappa shape index (κ1) is 17.7. The minimum atomic E-state index is -0.486. The number of hydrogen-bond donors (Lipinski definition) is 2. The van der Waals surface area contributed by atoms with E-state index in [0.29, 0.717) is 5.56 Å². The quantitative estimate of drug-likeness (QED) is 0.883. The highest BCUT2D eigenvalue weighted by atomic mass is 19.1. The molecule has 23 heavy (non-hydrogen) atoms. The van der Waals surface area contributed by atoms with Crippen molar-refractivity contribution in [1.29, 1.82) is 0 Å². The molecule has 2 N–H and O–H groups in total. The molecule has 1 aromatic carbocycles. The molecule has 0 aromatic heterocycles. The third kappa shape index (κ3) is 5.50. The molecule has 1 aliphatic rings. The second-order valence-electron chi connectivity index (χ2n) is 7.26. The zero-order valence-electron chi connectivity index (χ0n) is 14.4. The van der Waals surface area contributed by atoms with Crippen molar-refractivity contribution in [1.82, 2.24) is 10.6 Å². The average Bonchev–Trinajstić information content (AvgIpc) is 2.83. The molecule has 1 fully saturated rings. The standard InChI is InChI=1S/C18H27FN2O2/c1-12(15-7-5-6-8-16(15)19)20-13-9-10-14(11-13)21-17(22)23-18(2,3)4/h5-8,12-14,20H,9-11H2,1-4H3,(H,21,22)/t12-,13?,14?/m1/s1. The first-order valence-electron chi connectivity index (χ1n) is 8.24. The molecule has 0 bridgehead atoms. The molecule has 1 saturated carbocycles. The molecule has 3 atom stereocenters. The van der Waals surface area contributed by atoms with Crippen LogP contribution in [0.4, 0.5) is 9.18 Å². The highest BCUT2D eigenvalue weighted by Gasteiger charge is 2.28. The highest BCUT2D eigenvalue weighted by molar-refractivity contribution is 5.68. The van der Waals surface area contributed by atoms with Gasteiger partial charge in [0, 0.05) is 23.7 Å². The summed E-state index contributed by atoms with van der Waals surface area (Å²) in [5.41, 5.74) is 0.190. The molecule has 0 radical (unpaired) electrons. The van der Waals surface area contributed by atoms with Gasteiger partial charge in [0.25, 0.3) is 0 Å². The topological polar surface area (TPSA) is 50.4 Å². The fourth-order valence-corrected chi connectivity index (χ4v) is 3.01. The van der Waals surface area contributed by atoms with E-state index in [2.05, 4.69) is 10.6 Å². The van der Waals surface area contributed by atoms with E-state index in [1.54, 1.807) is 12.1 Å². The second kappa shape index (κ2) is 7.30. The fourth-order valence-electron chi connectivity index (χ4n) is 3.01. The lowest BCUT2D eigenvalue weighted by Crippen LogP contribution is -2.39. The van der Waals surface area contributed by atoms with E-state index in [-0.39, 0.29) is 30.0 Å².